The highest BCUT2D eigenvalue weighted by atomic mass is 32.2. The van der Waals surface area contributed by atoms with Gasteiger partial charge < -0.3 is 25.0 Å². The number of amides is 1. The summed E-state index contributed by atoms with van der Waals surface area (Å²) in [6.45, 7) is 9.28. The number of alkyl carbamates (subject to hydrolysis) is 1. The Balaban J connectivity index is 1.40. The molecule has 1 saturated heterocycles. The van der Waals surface area contributed by atoms with Crippen LogP contribution in [-0.4, -0.2) is 68.5 Å². The molecule has 1 unspecified atom stereocenters. The fourth-order valence-electron chi connectivity index (χ4n) is 4.69. The van der Waals surface area contributed by atoms with Gasteiger partial charge in [0, 0.05) is 29.1 Å². The zero-order valence-electron chi connectivity index (χ0n) is 21.7. The number of nitrogens with zero attached hydrogens (tertiary/aromatic N) is 4. The number of aliphatic hydroxyl groups is 1. The number of aryl methyl sites for hydroxylation is 1. The van der Waals surface area contributed by atoms with Gasteiger partial charge in [0.1, 0.15) is 17.0 Å². The molecule has 2 N–H and O–H groups in total. The van der Waals surface area contributed by atoms with Crippen LogP contribution in [0.1, 0.15) is 31.9 Å². The van der Waals surface area contributed by atoms with Gasteiger partial charge in [-0.15, -0.1) is 0 Å². The summed E-state index contributed by atoms with van der Waals surface area (Å²) in [5.41, 5.74) is 1.22. The smallest absolute Gasteiger partial charge is 0.407 e. The zero-order chi connectivity index (χ0) is 26.4. The Morgan fingerprint density at radius 2 is 1.92 bits per heavy atom. The molecule has 3 heterocycles. The Labute approximate surface area is 219 Å². The summed E-state index contributed by atoms with van der Waals surface area (Å²) in [6, 6.07) is 13.9. The van der Waals surface area contributed by atoms with Crippen LogP contribution in [0.25, 0.3) is 10.9 Å². The molecule has 0 bridgehead atoms. The van der Waals surface area contributed by atoms with E-state index in [0.29, 0.717) is 37.9 Å². The number of carbonyl (C=O) groups excluding carboxylic acids is 1. The van der Waals surface area contributed by atoms with Gasteiger partial charge >= 0.3 is 6.09 Å². The zero-order valence-corrected chi connectivity index (χ0v) is 22.5. The van der Waals surface area contributed by atoms with E-state index in [2.05, 4.69) is 16.3 Å². The molecule has 0 aliphatic carbocycles. The highest BCUT2D eigenvalue weighted by Crippen LogP contribution is 2.34. The molecule has 0 spiro atoms. The van der Waals surface area contributed by atoms with Gasteiger partial charge in [0.2, 0.25) is 5.95 Å². The molecule has 1 fully saturated rings. The Morgan fingerprint density at radius 1 is 1.16 bits per heavy atom. The predicted octanol–water partition coefficient (Wildman–Crippen LogP) is 3.14. The first-order valence-electron chi connectivity index (χ1n) is 12.4. The van der Waals surface area contributed by atoms with Crippen LogP contribution in [0.15, 0.2) is 47.4 Å². The van der Waals surface area contributed by atoms with E-state index in [1.165, 1.54) is 0 Å². The Hall–Kier alpha value is -3.24. The van der Waals surface area contributed by atoms with Crippen LogP contribution in [0.2, 0.25) is 0 Å². The van der Waals surface area contributed by atoms with Crippen LogP contribution in [-0.2, 0) is 22.1 Å². The molecule has 2 aliphatic rings. The summed E-state index contributed by atoms with van der Waals surface area (Å²) in [4.78, 5) is 26.8. The minimum Gasteiger partial charge on any atom is -0.444 e. The standard InChI is InChI=1S/C27H33N5O4S/c1-18-9-10-21-20(13-18)23(32-16-27(34,17-32)15-28-25(33)36-26(2,3)4)30-24(29-21)31-11-12-37(35)22-8-6-5-7-19(22)14-31/h5-10,13,34H,11-12,14-17H2,1-4H3,(H,28,33). The van der Waals surface area contributed by atoms with Gasteiger partial charge in [-0.3, -0.25) is 4.21 Å². The number of carbonyl (C=O) groups is 1. The molecular weight excluding hydrogens is 490 g/mol. The summed E-state index contributed by atoms with van der Waals surface area (Å²) < 4.78 is 18.1. The largest absolute Gasteiger partial charge is 0.444 e. The Kier molecular flexibility index (Phi) is 6.57. The fourth-order valence-corrected chi connectivity index (χ4v) is 5.95. The molecule has 1 atom stereocenters. The third kappa shape index (κ3) is 5.55. The lowest BCUT2D eigenvalue weighted by atomic mass is 9.93. The first-order chi connectivity index (χ1) is 17.5. The molecule has 1 amide bonds. The van der Waals surface area contributed by atoms with Crippen molar-refractivity contribution in [2.45, 2.75) is 50.3 Å². The third-order valence-corrected chi connectivity index (χ3v) is 7.90. The van der Waals surface area contributed by atoms with Gasteiger partial charge in [0.25, 0.3) is 0 Å². The quantitative estimate of drug-likeness (QED) is 0.537. The maximum atomic E-state index is 12.8. The average Bonchev–Trinajstić information content (AvgIpc) is 2.98. The number of ether oxygens (including phenoxy) is 1. The number of aromatic nitrogens is 2. The van der Waals surface area contributed by atoms with E-state index in [-0.39, 0.29) is 6.54 Å². The van der Waals surface area contributed by atoms with Crippen molar-refractivity contribution in [1.82, 2.24) is 15.3 Å². The summed E-state index contributed by atoms with van der Waals surface area (Å²) in [6.07, 6.45) is -0.552. The topological polar surface area (TPSA) is 108 Å². The van der Waals surface area contributed by atoms with Crippen LogP contribution in [0.4, 0.5) is 16.6 Å². The van der Waals surface area contributed by atoms with Crippen molar-refractivity contribution in [3.05, 3.63) is 53.6 Å². The molecule has 3 aromatic rings. The minimum atomic E-state index is -1.09. The number of anilines is 2. The number of hydrogen-bond acceptors (Lipinski definition) is 8. The Morgan fingerprint density at radius 3 is 2.68 bits per heavy atom. The molecule has 0 saturated carbocycles. The molecular formula is C27H33N5O4S. The second-order valence-electron chi connectivity index (χ2n) is 10.9. The first kappa shape index (κ1) is 25.4. The molecule has 2 aromatic carbocycles. The van der Waals surface area contributed by atoms with Crippen molar-refractivity contribution in [1.29, 1.82) is 0 Å². The van der Waals surface area contributed by atoms with E-state index in [9.17, 15) is 14.1 Å². The van der Waals surface area contributed by atoms with Gasteiger partial charge in [-0.25, -0.2) is 9.78 Å². The van der Waals surface area contributed by atoms with Gasteiger partial charge in [-0.05, 0) is 51.5 Å². The van der Waals surface area contributed by atoms with Crippen molar-refractivity contribution in [2.75, 3.05) is 41.7 Å². The number of β-amino-alcohol motifs (C(OH)–C–C–N with tert-alkyl or cyclic N) is 1. The average molecular weight is 524 g/mol. The van der Waals surface area contributed by atoms with Crippen LogP contribution in [0.3, 0.4) is 0 Å². The maximum Gasteiger partial charge on any atom is 0.407 e. The normalized spacial score (nSPS) is 19.1. The van der Waals surface area contributed by atoms with E-state index in [0.717, 1.165) is 32.7 Å². The molecule has 37 heavy (non-hydrogen) atoms. The molecule has 9 nitrogen and oxygen atoms in total. The van der Waals surface area contributed by atoms with Gasteiger partial charge in [-0.1, -0.05) is 29.8 Å². The second kappa shape index (κ2) is 9.57. The summed E-state index contributed by atoms with van der Waals surface area (Å²) in [7, 11) is -1.07. The van der Waals surface area contributed by atoms with E-state index >= 15 is 0 Å². The second-order valence-corrected chi connectivity index (χ2v) is 12.4. The Bertz CT molecular complexity index is 1370. The van der Waals surface area contributed by atoms with E-state index in [1.54, 1.807) is 20.8 Å². The highest BCUT2D eigenvalue weighted by molar-refractivity contribution is 7.85. The maximum absolute atomic E-state index is 12.8. The predicted molar refractivity (Wildman–Crippen MR) is 144 cm³/mol. The first-order valence-corrected chi connectivity index (χ1v) is 13.8. The SMILES string of the molecule is Cc1ccc2nc(N3CCS(=O)c4ccccc4C3)nc(N3CC(O)(CNC(=O)OC(C)(C)C)C3)c2c1. The lowest BCUT2D eigenvalue weighted by Crippen LogP contribution is -2.67. The lowest BCUT2D eigenvalue weighted by Gasteiger charge is -2.47. The van der Waals surface area contributed by atoms with E-state index in [1.807, 2.05) is 48.2 Å². The molecule has 10 heteroatoms. The molecule has 1 aromatic heterocycles. The monoisotopic (exact) mass is 523 g/mol. The third-order valence-electron chi connectivity index (χ3n) is 6.46. The van der Waals surface area contributed by atoms with Crippen LogP contribution in [0, 0.1) is 6.92 Å². The van der Waals surface area contributed by atoms with E-state index in [4.69, 9.17) is 14.7 Å². The highest BCUT2D eigenvalue weighted by Gasteiger charge is 2.43. The van der Waals surface area contributed by atoms with Crippen LogP contribution in [0.5, 0.6) is 0 Å². The minimum absolute atomic E-state index is 0.0854. The molecule has 5 rings (SSSR count). The van der Waals surface area contributed by atoms with Crippen LogP contribution < -0.4 is 15.1 Å². The summed E-state index contributed by atoms with van der Waals surface area (Å²) in [5.74, 6) is 1.81. The summed E-state index contributed by atoms with van der Waals surface area (Å²) >= 11 is 0. The van der Waals surface area contributed by atoms with Crippen molar-refractivity contribution < 1.29 is 18.8 Å². The van der Waals surface area contributed by atoms with Crippen LogP contribution >= 0.6 is 0 Å². The lowest BCUT2D eigenvalue weighted by molar-refractivity contribution is 0.00464. The van der Waals surface area contributed by atoms with Crippen molar-refractivity contribution in [3.8, 4) is 0 Å². The van der Waals surface area contributed by atoms with Crippen molar-refractivity contribution >= 4 is 39.6 Å². The number of rotatable bonds is 4. The summed E-state index contributed by atoms with van der Waals surface area (Å²) in [5, 5.41) is 14.6. The van der Waals surface area contributed by atoms with Gasteiger partial charge in [-0.2, -0.15) is 4.98 Å². The number of fused-ring (bicyclic) bond motifs is 2. The van der Waals surface area contributed by atoms with Gasteiger partial charge in [0.15, 0.2) is 0 Å². The molecule has 0 radical (unpaired) electrons. The molecule has 196 valence electrons. The number of hydrogen-bond donors (Lipinski definition) is 2. The van der Waals surface area contributed by atoms with E-state index < -0.39 is 28.1 Å². The molecule has 2 aliphatic heterocycles. The van der Waals surface area contributed by atoms with Crippen molar-refractivity contribution in [3.63, 3.8) is 0 Å². The van der Waals surface area contributed by atoms with Gasteiger partial charge in [0.05, 0.1) is 36.0 Å². The number of nitrogens with one attached hydrogen (secondary N) is 1. The number of benzene rings is 2. The fraction of sp³-hybridized carbons (Fsp3) is 0.444. The van der Waals surface area contributed by atoms with Crippen molar-refractivity contribution in [2.24, 2.45) is 0 Å².